The first-order chi connectivity index (χ1) is 14.7. The number of nitrogens with one attached hydrogen (secondary N) is 3. The maximum atomic E-state index is 12.7. The number of amides is 1. The predicted molar refractivity (Wildman–Crippen MR) is 121 cm³/mol. The summed E-state index contributed by atoms with van der Waals surface area (Å²) < 4.78 is 26.9. The second-order valence-electron chi connectivity index (χ2n) is 7.37. The van der Waals surface area contributed by atoms with Crippen molar-refractivity contribution >= 4 is 21.8 Å². The molecule has 1 aliphatic heterocycles. The second kappa shape index (κ2) is 11.1. The molecule has 0 radical (unpaired) electrons. The van der Waals surface area contributed by atoms with Gasteiger partial charge in [0, 0.05) is 24.4 Å². The van der Waals surface area contributed by atoms with Crippen molar-refractivity contribution in [1.82, 2.24) is 14.9 Å². The number of rotatable bonds is 12. The molecule has 0 fully saturated rings. The fourth-order valence-electron chi connectivity index (χ4n) is 3.16. The molecule has 0 saturated heterocycles. The number of nitrogens with two attached hydrogens (primary N) is 1. The number of sulfonamides is 1. The highest BCUT2D eigenvalue weighted by Crippen LogP contribution is 2.19. The first-order valence-electron chi connectivity index (χ1n) is 10.1. The maximum absolute atomic E-state index is 12.7. The normalized spacial score (nSPS) is 16.8. The summed E-state index contributed by atoms with van der Waals surface area (Å²) in [7, 11) is -3.57. The third-order valence-corrected chi connectivity index (χ3v) is 6.47. The molecule has 1 heterocycles. The predicted octanol–water partition coefficient (Wildman–Crippen LogP) is 0.421. The number of benzene rings is 1. The molecule has 1 amide bonds. The number of hydrogen-bond donors (Lipinski definition) is 5. The Bertz CT molecular complexity index is 928. The zero-order valence-corrected chi connectivity index (χ0v) is 18.5. The SMILES string of the molecule is C=C([C@@H](CO)NS(=O)(=O)CCCC)N1CC=CC1C(=O)NCc1ccc(C(=N)N)cc1. The van der Waals surface area contributed by atoms with Gasteiger partial charge in [-0.05, 0) is 12.0 Å². The molecule has 6 N–H and O–H groups in total. The molecule has 0 aliphatic carbocycles. The van der Waals surface area contributed by atoms with E-state index in [1.165, 1.54) is 0 Å². The number of hydrogen-bond acceptors (Lipinski definition) is 6. The molecule has 10 heteroatoms. The monoisotopic (exact) mass is 449 g/mol. The lowest BCUT2D eigenvalue weighted by Crippen LogP contribution is -2.49. The van der Waals surface area contributed by atoms with Crippen molar-refractivity contribution < 1.29 is 18.3 Å². The van der Waals surface area contributed by atoms with E-state index < -0.39 is 28.7 Å². The van der Waals surface area contributed by atoms with Gasteiger partial charge in [0.2, 0.25) is 15.9 Å². The Morgan fingerprint density at radius 2 is 2.06 bits per heavy atom. The van der Waals surface area contributed by atoms with E-state index in [1.54, 1.807) is 41.3 Å². The molecule has 0 saturated carbocycles. The lowest BCUT2D eigenvalue weighted by Gasteiger charge is -2.32. The highest BCUT2D eigenvalue weighted by atomic mass is 32.2. The van der Waals surface area contributed by atoms with Crippen LogP contribution in [0.4, 0.5) is 0 Å². The third kappa shape index (κ3) is 6.91. The average Bonchev–Trinajstić information content (AvgIpc) is 3.24. The molecule has 0 bridgehead atoms. The highest BCUT2D eigenvalue weighted by molar-refractivity contribution is 7.89. The number of amidine groups is 1. The molecule has 9 nitrogen and oxygen atoms in total. The Labute approximate surface area is 183 Å². The van der Waals surface area contributed by atoms with E-state index in [2.05, 4.69) is 16.6 Å². The van der Waals surface area contributed by atoms with E-state index >= 15 is 0 Å². The summed E-state index contributed by atoms with van der Waals surface area (Å²) in [6, 6.07) is 5.43. The number of nitrogen functional groups attached to an aromatic ring is 1. The number of nitrogens with zero attached hydrogens (tertiary/aromatic N) is 1. The lowest BCUT2D eigenvalue weighted by atomic mass is 10.1. The van der Waals surface area contributed by atoms with Crippen LogP contribution in [0.3, 0.4) is 0 Å². The Hall–Kier alpha value is -2.69. The molecule has 0 spiro atoms. The van der Waals surface area contributed by atoms with Crippen molar-refractivity contribution in [3.05, 3.63) is 59.8 Å². The summed E-state index contributed by atoms with van der Waals surface area (Å²) in [6.07, 6.45) is 4.78. The van der Waals surface area contributed by atoms with Gasteiger partial charge < -0.3 is 21.1 Å². The van der Waals surface area contributed by atoms with Crippen LogP contribution in [0.1, 0.15) is 30.9 Å². The summed E-state index contributed by atoms with van der Waals surface area (Å²) in [6.45, 7) is 6.05. The van der Waals surface area contributed by atoms with Gasteiger partial charge in [-0.1, -0.05) is 56.3 Å². The zero-order valence-electron chi connectivity index (χ0n) is 17.7. The van der Waals surface area contributed by atoms with Crippen molar-refractivity contribution in [3.63, 3.8) is 0 Å². The van der Waals surface area contributed by atoms with Gasteiger partial charge in [0.05, 0.1) is 18.4 Å². The molecule has 1 aromatic carbocycles. The summed E-state index contributed by atoms with van der Waals surface area (Å²) >= 11 is 0. The van der Waals surface area contributed by atoms with E-state index in [0.717, 1.165) is 12.0 Å². The zero-order chi connectivity index (χ0) is 23.0. The van der Waals surface area contributed by atoms with Gasteiger partial charge in [-0.2, -0.15) is 0 Å². The van der Waals surface area contributed by atoms with Crippen molar-refractivity contribution in [3.8, 4) is 0 Å². The molecular formula is C21H31N5O4S. The van der Waals surface area contributed by atoms with E-state index in [0.29, 0.717) is 24.2 Å². The average molecular weight is 450 g/mol. The Morgan fingerprint density at radius 1 is 1.39 bits per heavy atom. The molecule has 1 aliphatic rings. The number of carbonyl (C=O) groups excluding carboxylic acids is 1. The molecule has 170 valence electrons. The van der Waals surface area contributed by atoms with Crippen molar-refractivity contribution in [1.29, 1.82) is 5.41 Å². The summed E-state index contributed by atoms with van der Waals surface area (Å²) in [5.74, 6) is -0.321. The summed E-state index contributed by atoms with van der Waals surface area (Å²) in [5, 5.41) is 20.0. The van der Waals surface area contributed by atoms with E-state index in [1.807, 2.05) is 6.92 Å². The molecule has 2 atom stereocenters. The standard InChI is InChI=1S/C21H31N5O4S/c1-3-4-12-31(29,30)25-18(14-27)15(2)26-11-5-6-19(26)21(28)24-13-16-7-9-17(10-8-16)20(22)23/h5-10,18-19,25,27H,2-4,11-14H2,1H3,(H3,22,23)(H,24,28)/t18-,19?/m1/s1. The molecule has 0 aromatic heterocycles. The molecular weight excluding hydrogens is 418 g/mol. The van der Waals surface area contributed by atoms with Crippen LogP contribution < -0.4 is 15.8 Å². The first kappa shape index (κ1) is 24.6. The first-order valence-corrected chi connectivity index (χ1v) is 11.8. The maximum Gasteiger partial charge on any atom is 0.247 e. The van der Waals surface area contributed by atoms with Crippen molar-refractivity contribution in [2.45, 2.75) is 38.4 Å². The number of aliphatic hydroxyl groups is 1. The van der Waals surface area contributed by atoms with Crippen LogP contribution >= 0.6 is 0 Å². The van der Waals surface area contributed by atoms with Crippen LogP contribution in [0, 0.1) is 5.41 Å². The Morgan fingerprint density at radius 3 is 2.65 bits per heavy atom. The smallest absolute Gasteiger partial charge is 0.247 e. The van der Waals surface area contributed by atoms with Crippen LogP contribution in [0.2, 0.25) is 0 Å². The van der Waals surface area contributed by atoms with Crippen molar-refractivity contribution in [2.24, 2.45) is 5.73 Å². The van der Waals surface area contributed by atoms with Crippen LogP contribution in [0.5, 0.6) is 0 Å². The van der Waals surface area contributed by atoms with E-state index in [-0.39, 0.29) is 24.0 Å². The fourth-order valence-corrected chi connectivity index (χ4v) is 4.59. The quantitative estimate of drug-likeness (QED) is 0.177. The van der Waals surface area contributed by atoms with E-state index in [9.17, 15) is 18.3 Å². The topological polar surface area (TPSA) is 149 Å². The van der Waals surface area contributed by atoms with Crippen LogP contribution in [-0.4, -0.2) is 61.2 Å². The fraction of sp³-hybridized carbons (Fsp3) is 0.429. The van der Waals surface area contributed by atoms with Gasteiger partial charge in [0.25, 0.3) is 0 Å². The number of carbonyl (C=O) groups is 1. The van der Waals surface area contributed by atoms with Crippen LogP contribution in [0.25, 0.3) is 0 Å². The van der Waals surface area contributed by atoms with Gasteiger partial charge in [-0.25, -0.2) is 13.1 Å². The number of aliphatic hydroxyl groups excluding tert-OH is 1. The van der Waals surface area contributed by atoms with Crippen molar-refractivity contribution in [2.75, 3.05) is 18.9 Å². The summed E-state index contributed by atoms with van der Waals surface area (Å²) in [4.78, 5) is 14.4. The van der Waals surface area contributed by atoms with Gasteiger partial charge >= 0.3 is 0 Å². The molecule has 1 aromatic rings. The van der Waals surface area contributed by atoms with Gasteiger partial charge in [0.15, 0.2) is 0 Å². The number of unbranched alkanes of at least 4 members (excludes halogenated alkanes) is 1. The van der Waals surface area contributed by atoms with E-state index in [4.69, 9.17) is 11.1 Å². The molecule has 2 rings (SSSR count). The second-order valence-corrected chi connectivity index (χ2v) is 9.24. The summed E-state index contributed by atoms with van der Waals surface area (Å²) in [5.41, 5.74) is 7.23. The lowest BCUT2D eigenvalue weighted by molar-refractivity contribution is -0.124. The van der Waals surface area contributed by atoms with Crippen LogP contribution in [-0.2, 0) is 21.4 Å². The minimum Gasteiger partial charge on any atom is -0.394 e. The van der Waals surface area contributed by atoms with Gasteiger partial charge in [-0.3, -0.25) is 10.2 Å². The third-order valence-electron chi connectivity index (χ3n) is 5.00. The van der Waals surface area contributed by atoms with Crippen LogP contribution in [0.15, 0.2) is 48.7 Å². The Balaban J connectivity index is 1.99. The van der Waals surface area contributed by atoms with Gasteiger partial charge in [-0.15, -0.1) is 0 Å². The molecule has 31 heavy (non-hydrogen) atoms. The Kier molecular flexibility index (Phi) is 8.78. The molecule has 1 unspecified atom stereocenters. The minimum atomic E-state index is -3.57. The largest absolute Gasteiger partial charge is 0.394 e. The minimum absolute atomic E-state index is 0.0235. The van der Waals surface area contributed by atoms with Gasteiger partial charge in [0.1, 0.15) is 11.9 Å². The highest BCUT2D eigenvalue weighted by Gasteiger charge is 2.31.